The zero-order chi connectivity index (χ0) is 33.9. The number of hydrogen-bond acceptors (Lipinski definition) is 7. The molecular weight excluding hydrogens is 606 g/mol. The number of carboxylic acid groups (broad SMARTS) is 2. The predicted octanol–water partition coefficient (Wildman–Crippen LogP) is 1.63. The van der Waals surface area contributed by atoms with E-state index in [9.17, 15) is 39.3 Å². The highest BCUT2D eigenvalue weighted by molar-refractivity contribution is 5.94. The van der Waals surface area contributed by atoms with Gasteiger partial charge in [0, 0.05) is 36.4 Å². The van der Waals surface area contributed by atoms with E-state index in [-0.39, 0.29) is 31.4 Å². The maximum atomic E-state index is 13.6. The van der Waals surface area contributed by atoms with Crippen molar-refractivity contribution in [2.75, 3.05) is 0 Å². The number of H-pyrrole nitrogens is 1. The third-order valence-corrected chi connectivity index (χ3v) is 7.64. The van der Waals surface area contributed by atoms with Crippen LogP contribution < -0.4 is 21.7 Å². The number of aromatic amines is 1. The molecule has 47 heavy (non-hydrogen) atoms. The summed E-state index contributed by atoms with van der Waals surface area (Å²) in [6, 6.07) is 17.1. The van der Waals surface area contributed by atoms with Gasteiger partial charge in [-0.1, -0.05) is 60.7 Å². The summed E-state index contributed by atoms with van der Waals surface area (Å²) in [7, 11) is 0. The van der Waals surface area contributed by atoms with Gasteiger partial charge in [-0.15, -0.1) is 0 Å². The van der Waals surface area contributed by atoms with Gasteiger partial charge in [0.05, 0.1) is 6.04 Å². The fourth-order valence-electron chi connectivity index (χ4n) is 5.12. The van der Waals surface area contributed by atoms with Crippen LogP contribution in [0, 0.1) is 0 Å². The van der Waals surface area contributed by atoms with Gasteiger partial charge in [-0.05, 0) is 47.7 Å². The Kier molecular flexibility index (Phi) is 11.7. The summed E-state index contributed by atoms with van der Waals surface area (Å²) < 4.78 is 0. The van der Waals surface area contributed by atoms with Crippen molar-refractivity contribution in [2.24, 2.45) is 5.73 Å². The zero-order valence-electron chi connectivity index (χ0n) is 25.4. The van der Waals surface area contributed by atoms with Gasteiger partial charge in [-0.2, -0.15) is 0 Å². The second kappa shape index (κ2) is 16.0. The molecule has 13 nitrogen and oxygen atoms in total. The minimum Gasteiger partial charge on any atom is -0.508 e. The molecule has 0 saturated heterocycles. The molecule has 0 aliphatic heterocycles. The number of phenols is 1. The minimum atomic E-state index is -1.44. The van der Waals surface area contributed by atoms with E-state index in [0.29, 0.717) is 11.1 Å². The molecule has 0 spiro atoms. The standard InChI is InChI=1S/C34H37N5O8/c35-25(16-20-6-2-1-3-7-20)31(43)38-28(17-21-10-12-23(40)13-11-21)33(45)37-27(14-15-30(41)42)32(44)39-29(34(46)47)18-22-19-36-26-9-5-4-8-24(22)26/h1-13,19,25,27-29,36,40H,14-18,35H2,(H,37,45)(H,38,43)(H,39,44)(H,41,42)(H,46,47). The summed E-state index contributed by atoms with van der Waals surface area (Å²) in [4.78, 5) is 66.8. The number of aliphatic carboxylic acids is 2. The van der Waals surface area contributed by atoms with E-state index in [1.807, 2.05) is 36.4 Å². The lowest BCUT2D eigenvalue weighted by Gasteiger charge is -2.25. The third kappa shape index (κ3) is 9.90. The van der Waals surface area contributed by atoms with Crippen molar-refractivity contribution in [1.29, 1.82) is 0 Å². The van der Waals surface area contributed by atoms with Gasteiger partial charge in [0.2, 0.25) is 17.7 Å². The molecule has 246 valence electrons. The number of fused-ring (bicyclic) bond motifs is 1. The lowest BCUT2D eigenvalue weighted by atomic mass is 10.0. The summed E-state index contributed by atoms with van der Waals surface area (Å²) in [5, 5.41) is 37.3. The van der Waals surface area contributed by atoms with Crippen molar-refractivity contribution in [3.63, 3.8) is 0 Å². The molecule has 4 unspecified atom stereocenters. The second-order valence-electron chi connectivity index (χ2n) is 11.2. The zero-order valence-corrected chi connectivity index (χ0v) is 25.4. The summed E-state index contributed by atoms with van der Waals surface area (Å²) >= 11 is 0. The van der Waals surface area contributed by atoms with Crippen molar-refractivity contribution < 1.29 is 39.3 Å². The molecule has 0 fully saturated rings. The van der Waals surface area contributed by atoms with E-state index >= 15 is 0 Å². The fraction of sp³-hybridized carbons (Fsp3) is 0.265. The molecule has 3 aromatic carbocycles. The van der Waals surface area contributed by atoms with Crippen LogP contribution in [0.1, 0.15) is 29.5 Å². The Labute approximate surface area is 270 Å². The molecule has 13 heteroatoms. The van der Waals surface area contributed by atoms with Crippen LogP contribution in [0.3, 0.4) is 0 Å². The fourth-order valence-corrected chi connectivity index (χ4v) is 5.12. The van der Waals surface area contributed by atoms with Gasteiger partial charge in [0.1, 0.15) is 23.9 Å². The van der Waals surface area contributed by atoms with Crippen LogP contribution in [0.5, 0.6) is 5.75 Å². The Balaban J connectivity index is 1.51. The highest BCUT2D eigenvalue weighted by atomic mass is 16.4. The maximum absolute atomic E-state index is 13.6. The minimum absolute atomic E-state index is 0.00491. The van der Waals surface area contributed by atoms with Crippen molar-refractivity contribution in [2.45, 2.75) is 56.3 Å². The molecule has 1 heterocycles. The lowest BCUT2D eigenvalue weighted by Crippen LogP contribution is -2.58. The lowest BCUT2D eigenvalue weighted by molar-refractivity contribution is -0.143. The van der Waals surface area contributed by atoms with Crippen LogP contribution in [-0.2, 0) is 43.2 Å². The molecule has 0 saturated carbocycles. The molecule has 4 aromatic rings. The van der Waals surface area contributed by atoms with E-state index in [2.05, 4.69) is 20.9 Å². The van der Waals surface area contributed by atoms with Crippen molar-refractivity contribution in [3.05, 3.63) is 102 Å². The number of carboxylic acids is 2. The van der Waals surface area contributed by atoms with Crippen molar-refractivity contribution in [1.82, 2.24) is 20.9 Å². The van der Waals surface area contributed by atoms with E-state index in [4.69, 9.17) is 5.73 Å². The van der Waals surface area contributed by atoms with Gasteiger partial charge < -0.3 is 42.0 Å². The SMILES string of the molecule is NC(Cc1ccccc1)C(=O)NC(Cc1ccc(O)cc1)C(=O)NC(CCC(=O)O)C(=O)NC(Cc1c[nH]c2ccccc12)C(=O)O. The number of aromatic nitrogens is 1. The van der Waals surface area contributed by atoms with Crippen LogP contribution in [0.25, 0.3) is 10.9 Å². The second-order valence-corrected chi connectivity index (χ2v) is 11.2. The molecule has 9 N–H and O–H groups in total. The molecule has 1 aromatic heterocycles. The predicted molar refractivity (Wildman–Crippen MR) is 172 cm³/mol. The van der Waals surface area contributed by atoms with Gasteiger partial charge in [0.15, 0.2) is 0 Å². The number of carbonyl (C=O) groups is 5. The molecule has 3 amide bonds. The number of phenolic OH excluding ortho intramolecular Hbond substituents is 1. The molecule has 0 bridgehead atoms. The molecule has 4 rings (SSSR count). The number of benzene rings is 3. The topological polar surface area (TPSA) is 224 Å². The molecule has 4 atom stereocenters. The first-order valence-electron chi connectivity index (χ1n) is 15.0. The summed E-state index contributed by atoms with van der Waals surface area (Å²) in [5.41, 5.74) is 8.95. The van der Waals surface area contributed by atoms with Crippen LogP contribution in [0.4, 0.5) is 0 Å². The first-order valence-corrected chi connectivity index (χ1v) is 15.0. The molecule has 0 aliphatic rings. The Bertz CT molecular complexity index is 1710. The normalized spacial score (nSPS) is 13.6. The summed E-state index contributed by atoms with van der Waals surface area (Å²) in [6.07, 6.45) is 0.854. The third-order valence-electron chi connectivity index (χ3n) is 7.64. The molecular formula is C34H37N5O8. The number of carbonyl (C=O) groups excluding carboxylic acids is 3. The number of rotatable bonds is 16. The van der Waals surface area contributed by atoms with Crippen LogP contribution in [-0.4, -0.2) is 74.1 Å². The summed E-state index contributed by atoms with van der Waals surface area (Å²) in [5.74, 6) is -4.91. The van der Waals surface area contributed by atoms with Gasteiger partial charge in [0.25, 0.3) is 0 Å². The number of nitrogens with one attached hydrogen (secondary N) is 4. The van der Waals surface area contributed by atoms with E-state index in [1.165, 1.54) is 12.1 Å². The van der Waals surface area contributed by atoms with Crippen molar-refractivity contribution in [3.8, 4) is 5.75 Å². The Morgan fingerprint density at radius 1 is 0.681 bits per heavy atom. The Morgan fingerprint density at radius 3 is 1.96 bits per heavy atom. The van der Waals surface area contributed by atoms with E-state index < -0.39 is 60.2 Å². The first-order chi connectivity index (χ1) is 22.5. The summed E-state index contributed by atoms with van der Waals surface area (Å²) in [6.45, 7) is 0. The first kappa shape index (κ1) is 34.2. The Hall–Kier alpha value is -5.69. The van der Waals surface area contributed by atoms with E-state index in [0.717, 1.165) is 16.5 Å². The largest absolute Gasteiger partial charge is 0.508 e. The quantitative estimate of drug-likeness (QED) is 0.0887. The number of hydrogen-bond donors (Lipinski definition) is 8. The van der Waals surface area contributed by atoms with Crippen LogP contribution in [0.15, 0.2) is 85.1 Å². The monoisotopic (exact) mass is 643 g/mol. The van der Waals surface area contributed by atoms with Crippen molar-refractivity contribution >= 4 is 40.6 Å². The number of nitrogens with two attached hydrogens (primary N) is 1. The van der Waals surface area contributed by atoms with E-state index in [1.54, 1.807) is 36.5 Å². The average molecular weight is 644 g/mol. The highest BCUT2D eigenvalue weighted by Crippen LogP contribution is 2.19. The highest BCUT2D eigenvalue weighted by Gasteiger charge is 2.31. The van der Waals surface area contributed by atoms with Gasteiger partial charge >= 0.3 is 11.9 Å². The van der Waals surface area contributed by atoms with Crippen LogP contribution in [0.2, 0.25) is 0 Å². The molecule has 0 radical (unpaired) electrons. The number of para-hydroxylation sites is 1. The molecule has 0 aliphatic carbocycles. The van der Waals surface area contributed by atoms with Gasteiger partial charge in [-0.25, -0.2) is 4.79 Å². The van der Waals surface area contributed by atoms with Gasteiger partial charge in [-0.3, -0.25) is 19.2 Å². The smallest absolute Gasteiger partial charge is 0.326 e. The average Bonchev–Trinajstić information content (AvgIpc) is 3.46. The maximum Gasteiger partial charge on any atom is 0.326 e. The Morgan fingerprint density at radius 2 is 1.28 bits per heavy atom. The van der Waals surface area contributed by atoms with Crippen LogP contribution >= 0.6 is 0 Å². The number of aromatic hydroxyl groups is 1. The number of amides is 3.